The van der Waals surface area contributed by atoms with E-state index in [9.17, 15) is 0 Å². The zero-order valence-corrected chi connectivity index (χ0v) is 9.01. The molecule has 0 saturated carbocycles. The second kappa shape index (κ2) is 4.68. The molecule has 0 saturated heterocycles. The fourth-order valence-corrected chi connectivity index (χ4v) is 1.71. The predicted octanol–water partition coefficient (Wildman–Crippen LogP) is 2.73. The molecule has 1 aromatic carbocycles. The van der Waals surface area contributed by atoms with Crippen LogP contribution in [0, 0.1) is 0 Å². The molecule has 0 bridgehead atoms. The molecule has 0 aliphatic rings. The van der Waals surface area contributed by atoms with Crippen molar-refractivity contribution in [3.63, 3.8) is 0 Å². The zero-order valence-electron chi connectivity index (χ0n) is 8.12. The number of aliphatic hydroxyl groups excluding tert-OH is 1. The molecule has 0 heterocycles. The summed E-state index contributed by atoms with van der Waals surface area (Å²) >= 11 is 4.28. The Morgan fingerprint density at radius 3 is 2.54 bits per heavy atom. The molecule has 72 valence electrons. The van der Waals surface area contributed by atoms with Gasteiger partial charge in [-0.1, -0.05) is 32.0 Å². The molecule has 0 aliphatic heterocycles. The van der Waals surface area contributed by atoms with E-state index < -0.39 is 0 Å². The van der Waals surface area contributed by atoms with E-state index in [1.807, 2.05) is 12.1 Å². The van der Waals surface area contributed by atoms with Crippen LogP contribution in [0.15, 0.2) is 18.2 Å². The van der Waals surface area contributed by atoms with Crippen LogP contribution in [0.1, 0.15) is 36.5 Å². The normalized spacial score (nSPS) is 10.8. The number of benzene rings is 1. The molecule has 1 nitrogen and oxygen atoms in total. The Kier molecular flexibility index (Phi) is 3.82. The molecule has 0 aliphatic carbocycles. The van der Waals surface area contributed by atoms with Crippen molar-refractivity contribution < 1.29 is 5.11 Å². The number of aliphatic hydroxyl groups is 1. The predicted molar refractivity (Wildman–Crippen MR) is 59.1 cm³/mol. The highest BCUT2D eigenvalue weighted by Gasteiger charge is 2.05. The molecule has 1 N–H and O–H groups in total. The molecule has 1 aromatic rings. The molecule has 0 unspecified atom stereocenters. The van der Waals surface area contributed by atoms with Gasteiger partial charge in [-0.05, 0) is 22.6 Å². The molecule has 0 radical (unpaired) electrons. The van der Waals surface area contributed by atoms with E-state index >= 15 is 0 Å². The first-order valence-corrected chi connectivity index (χ1v) is 5.15. The summed E-state index contributed by atoms with van der Waals surface area (Å²) in [6, 6.07) is 6.07. The summed E-state index contributed by atoms with van der Waals surface area (Å²) in [5, 5.41) is 8.99. The van der Waals surface area contributed by atoms with Crippen molar-refractivity contribution in [2.24, 2.45) is 0 Å². The van der Waals surface area contributed by atoms with Crippen LogP contribution in [0.2, 0.25) is 0 Å². The first-order valence-electron chi connectivity index (χ1n) is 4.52. The smallest absolute Gasteiger partial charge is 0.0681 e. The highest BCUT2D eigenvalue weighted by molar-refractivity contribution is 7.79. The molecule has 0 amide bonds. The third kappa shape index (κ3) is 2.48. The maximum atomic E-state index is 8.99. The Morgan fingerprint density at radius 1 is 1.38 bits per heavy atom. The number of hydrogen-bond acceptors (Lipinski definition) is 2. The van der Waals surface area contributed by atoms with Crippen molar-refractivity contribution in [1.29, 1.82) is 0 Å². The molecule has 1 rings (SSSR count). The Hall–Kier alpha value is -0.470. The number of hydrogen-bond donors (Lipinski definition) is 2. The average molecular weight is 196 g/mol. The van der Waals surface area contributed by atoms with Crippen LogP contribution in [-0.4, -0.2) is 5.11 Å². The van der Waals surface area contributed by atoms with Crippen molar-refractivity contribution in [2.45, 2.75) is 32.1 Å². The summed E-state index contributed by atoms with van der Waals surface area (Å²) in [6.07, 6.45) is 0. The SMILES string of the molecule is CC(C)c1cc(CO)ccc1CS. The zero-order chi connectivity index (χ0) is 9.84. The van der Waals surface area contributed by atoms with Gasteiger partial charge < -0.3 is 5.11 Å². The molecule has 0 fully saturated rings. The Bertz CT molecular complexity index is 281. The van der Waals surface area contributed by atoms with Crippen molar-refractivity contribution >= 4 is 12.6 Å². The topological polar surface area (TPSA) is 20.2 Å². The lowest BCUT2D eigenvalue weighted by Crippen LogP contribution is -1.96. The lowest BCUT2D eigenvalue weighted by atomic mass is 9.96. The van der Waals surface area contributed by atoms with Crippen LogP contribution in [0.3, 0.4) is 0 Å². The van der Waals surface area contributed by atoms with Crippen LogP contribution in [-0.2, 0) is 12.4 Å². The summed E-state index contributed by atoms with van der Waals surface area (Å²) < 4.78 is 0. The Labute approximate surface area is 85.2 Å². The third-order valence-electron chi connectivity index (χ3n) is 2.19. The maximum Gasteiger partial charge on any atom is 0.0681 e. The van der Waals surface area contributed by atoms with Gasteiger partial charge in [0.05, 0.1) is 6.61 Å². The van der Waals surface area contributed by atoms with Gasteiger partial charge in [0.2, 0.25) is 0 Å². The van der Waals surface area contributed by atoms with E-state index in [0.29, 0.717) is 5.92 Å². The minimum Gasteiger partial charge on any atom is -0.392 e. The van der Waals surface area contributed by atoms with Gasteiger partial charge in [-0.2, -0.15) is 12.6 Å². The summed E-state index contributed by atoms with van der Waals surface area (Å²) in [6.45, 7) is 4.43. The first-order chi connectivity index (χ1) is 6.19. The van der Waals surface area contributed by atoms with E-state index in [2.05, 4.69) is 32.5 Å². The van der Waals surface area contributed by atoms with Crippen LogP contribution in [0.5, 0.6) is 0 Å². The van der Waals surface area contributed by atoms with Gasteiger partial charge in [0.15, 0.2) is 0 Å². The van der Waals surface area contributed by atoms with Gasteiger partial charge in [-0.3, -0.25) is 0 Å². The summed E-state index contributed by atoms with van der Waals surface area (Å²) in [5.41, 5.74) is 3.53. The number of rotatable bonds is 3. The van der Waals surface area contributed by atoms with Gasteiger partial charge in [0, 0.05) is 5.75 Å². The van der Waals surface area contributed by atoms with Crippen molar-refractivity contribution in [3.05, 3.63) is 34.9 Å². The van der Waals surface area contributed by atoms with Gasteiger partial charge >= 0.3 is 0 Å². The quantitative estimate of drug-likeness (QED) is 0.712. The van der Waals surface area contributed by atoms with Crippen LogP contribution < -0.4 is 0 Å². The Morgan fingerprint density at radius 2 is 2.08 bits per heavy atom. The van der Waals surface area contributed by atoms with Crippen molar-refractivity contribution in [3.8, 4) is 0 Å². The molecule has 0 spiro atoms. The van der Waals surface area contributed by atoms with Crippen LogP contribution in [0.4, 0.5) is 0 Å². The van der Waals surface area contributed by atoms with Crippen LogP contribution >= 0.6 is 12.6 Å². The third-order valence-corrected chi connectivity index (χ3v) is 2.53. The minimum absolute atomic E-state index is 0.118. The second-order valence-electron chi connectivity index (χ2n) is 3.50. The molecular weight excluding hydrogens is 180 g/mol. The van der Waals surface area contributed by atoms with Crippen LogP contribution in [0.25, 0.3) is 0 Å². The summed E-state index contributed by atoms with van der Waals surface area (Å²) in [5.74, 6) is 1.26. The lowest BCUT2D eigenvalue weighted by Gasteiger charge is -2.12. The summed E-state index contributed by atoms with van der Waals surface area (Å²) in [4.78, 5) is 0. The van der Waals surface area contributed by atoms with Gasteiger partial charge in [0.1, 0.15) is 0 Å². The van der Waals surface area contributed by atoms with E-state index in [4.69, 9.17) is 5.11 Å². The van der Waals surface area contributed by atoms with Gasteiger partial charge in [-0.15, -0.1) is 0 Å². The molecule has 13 heavy (non-hydrogen) atoms. The molecule has 0 aromatic heterocycles. The fraction of sp³-hybridized carbons (Fsp3) is 0.455. The monoisotopic (exact) mass is 196 g/mol. The van der Waals surface area contributed by atoms with Gasteiger partial charge in [-0.25, -0.2) is 0 Å². The lowest BCUT2D eigenvalue weighted by molar-refractivity contribution is 0.281. The van der Waals surface area contributed by atoms with Crippen molar-refractivity contribution in [1.82, 2.24) is 0 Å². The second-order valence-corrected chi connectivity index (χ2v) is 3.82. The maximum absolute atomic E-state index is 8.99. The highest BCUT2D eigenvalue weighted by Crippen LogP contribution is 2.22. The fourth-order valence-electron chi connectivity index (χ4n) is 1.42. The van der Waals surface area contributed by atoms with E-state index in [1.165, 1.54) is 11.1 Å². The largest absolute Gasteiger partial charge is 0.392 e. The van der Waals surface area contributed by atoms with Gasteiger partial charge in [0.25, 0.3) is 0 Å². The molecular formula is C11H16OS. The number of thiol groups is 1. The van der Waals surface area contributed by atoms with Crippen molar-refractivity contribution in [2.75, 3.05) is 0 Å². The van der Waals surface area contributed by atoms with E-state index in [1.54, 1.807) is 0 Å². The highest BCUT2D eigenvalue weighted by atomic mass is 32.1. The summed E-state index contributed by atoms with van der Waals surface area (Å²) in [7, 11) is 0. The molecule has 0 atom stereocenters. The van der Waals surface area contributed by atoms with E-state index in [-0.39, 0.29) is 6.61 Å². The minimum atomic E-state index is 0.118. The van der Waals surface area contributed by atoms with E-state index in [0.717, 1.165) is 11.3 Å². The average Bonchev–Trinajstić information content (AvgIpc) is 2.16. The standard InChI is InChI=1S/C11H16OS/c1-8(2)11-5-9(6-12)3-4-10(11)7-13/h3-5,8,12-13H,6-7H2,1-2H3. The molecule has 2 heteroatoms. The first kappa shape index (κ1) is 10.6. The Balaban J connectivity index is 3.10.